The first-order valence-corrected chi connectivity index (χ1v) is 6.56. The third kappa shape index (κ3) is 3.40. The van der Waals surface area contributed by atoms with Crippen LogP contribution in [0, 0.1) is 0 Å². The Morgan fingerprint density at radius 2 is 2.29 bits per heavy atom. The van der Waals surface area contributed by atoms with Gasteiger partial charge >= 0.3 is 0 Å². The second-order valence-corrected chi connectivity index (χ2v) is 4.80. The first kappa shape index (κ1) is 12.8. The van der Waals surface area contributed by atoms with Crippen molar-refractivity contribution in [3.63, 3.8) is 0 Å². The second-order valence-electron chi connectivity index (χ2n) is 4.80. The van der Waals surface area contributed by atoms with Crippen LogP contribution < -0.4 is 5.32 Å². The topological polar surface area (TPSA) is 61.8 Å². The molecule has 0 bridgehead atoms. The summed E-state index contributed by atoms with van der Waals surface area (Å²) in [5.74, 6) is 0.0465. The van der Waals surface area contributed by atoms with E-state index in [4.69, 9.17) is 9.84 Å². The number of rotatable bonds is 5. The third-order valence-corrected chi connectivity index (χ3v) is 3.49. The number of ether oxygens (including phenoxy) is 1. The van der Waals surface area contributed by atoms with Gasteiger partial charge in [-0.15, -0.1) is 0 Å². The van der Waals surface area contributed by atoms with Gasteiger partial charge in [-0.1, -0.05) is 0 Å². The molecule has 0 saturated carbocycles. The summed E-state index contributed by atoms with van der Waals surface area (Å²) in [7, 11) is 0. The normalized spacial score (nSPS) is 28.5. The van der Waals surface area contributed by atoms with Crippen molar-refractivity contribution >= 4 is 5.91 Å². The number of carbonyl (C=O) groups is 1. The molecule has 2 saturated heterocycles. The predicted octanol–water partition coefficient (Wildman–Crippen LogP) is -0.262. The minimum atomic E-state index is -0.275. The maximum absolute atomic E-state index is 12.2. The first-order valence-electron chi connectivity index (χ1n) is 6.56. The number of aliphatic hydroxyl groups is 1. The maximum atomic E-state index is 12.2. The zero-order chi connectivity index (χ0) is 12.1. The van der Waals surface area contributed by atoms with Crippen molar-refractivity contribution in [1.29, 1.82) is 0 Å². The Labute approximate surface area is 102 Å². The number of hydrogen-bond acceptors (Lipinski definition) is 4. The van der Waals surface area contributed by atoms with Crippen LogP contribution in [0.5, 0.6) is 0 Å². The summed E-state index contributed by atoms with van der Waals surface area (Å²) in [6.45, 7) is 2.85. The predicted molar refractivity (Wildman–Crippen MR) is 63.7 cm³/mol. The maximum Gasteiger partial charge on any atom is 0.251 e. The van der Waals surface area contributed by atoms with Gasteiger partial charge in [-0.25, -0.2) is 0 Å². The highest BCUT2D eigenvalue weighted by molar-refractivity contribution is 5.81. The van der Waals surface area contributed by atoms with Crippen LogP contribution in [-0.4, -0.2) is 60.9 Å². The second kappa shape index (κ2) is 6.33. The van der Waals surface area contributed by atoms with Crippen molar-refractivity contribution < 1.29 is 14.6 Å². The SMILES string of the molecule is O=C([C@@H]1CCCO1)N(CCO)CC1CCCN1. The van der Waals surface area contributed by atoms with E-state index in [0.717, 1.165) is 25.8 Å². The summed E-state index contributed by atoms with van der Waals surface area (Å²) >= 11 is 0. The Balaban J connectivity index is 1.87. The molecule has 2 aliphatic heterocycles. The first-order chi connectivity index (χ1) is 8.31. The molecule has 17 heavy (non-hydrogen) atoms. The number of hydrogen-bond donors (Lipinski definition) is 2. The van der Waals surface area contributed by atoms with Crippen LogP contribution in [0.3, 0.4) is 0 Å². The van der Waals surface area contributed by atoms with Crippen molar-refractivity contribution in [3.05, 3.63) is 0 Å². The lowest BCUT2D eigenvalue weighted by Crippen LogP contribution is -2.46. The molecule has 0 aromatic heterocycles. The zero-order valence-corrected chi connectivity index (χ0v) is 10.2. The number of nitrogens with one attached hydrogen (secondary N) is 1. The molecule has 0 aromatic carbocycles. The molecule has 0 aromatic rings. The van der Waals surface area contributed by atoms with Crippen LogP contribution in [0.15, 0.2) is 0 Å². The lowest BCUT2D eigenvalue weighted by Gasteiger charge is -2.27. The fourth-order valence-corrected chi connectivity index (χ4v) is 2.57. The largest absolute Gasteiger partial charge is 0.395 e. The smallest absolute Gasteiger partial charge is 0.251 e. The average molecular weight is 242 g/mol. The Morgan fingerprint density at radius 1 is 1.41 bits per heavy atom. The van der Waals surface area contributed by atoms with E-state index in [2.05, 4.69) is 5.32 Å². The molecule has 2 heterocycles. The number of nitrogens with zero attached hydrogens (tertiary/aromatic N) is 1. The van der Waals surface area contributed by atoms with Crippen molar-refractivity contribution in [2.75, 3.05) is 32.8 Å². The molecule has 2 rings (SSSR count). The molecule has 98 valence electrons. The van der Waals surface area contributed by atoms with Crippen LogP contribution in [-0.2, 0) is 9.53 Å². The fourth-order valence-electron chi connectivity index (χ4n) is 2.57. The van der Waals surface area contributed by atoms with E-state index >= 15 is 0 Å². The lowest BCUT2D eigenvalue weighted by atomic mass is 10.1. The Morgan fingerprint density at radius 3 is 2.88 bits per heavy atom. The highest BCUT2D eigenvalue weighted by Crippen LogP contribution is 2.16. The molecular formula is C12H22N2O3. The van der Waals surface area contributed by atoms with E-state index in [1.807, 2.05) is 0 Å². The van der Waals surface area contributed by atoms with Crippen LogP contribution in [0.25, 0.3) is 0 Å². The van der Waals surface area contributed by atoms with Gasteiger partial charge in [0.1, 0.15) is 6.10 Å². The van der Waals surface area contributed by atoms with E-state index < -0.39 is 0 Å². The van der Waals surface area contributed by atoms with Gasteiger partial charge in [-0.2, -0.15) is 0 Å². The molecule has 5 heteroatoms. The summed E-state index contributed by atoms with van der Waals surface area (Å²) in [6, 6.07) is 0.381. The van der Waals surface area contributed by atoms with Gasteiger partial charge in [0.05, 0.1) is 6.61 Å². The average Bonchev–Trinajstić information content (AvgIpc) is 3.00. The number of amides is 1. The molecule has 1 amide bonds. The van der Waals surface area contributed by atoms with Crippen molar-refractivity contribution in [2.45, 2.75) is 37.8 Å². The van der Waals surface area contributed by atoms with Crippen LogP contribution in [0.4, 0.5) is 0 Å². The summed E-state index contributed by atoms with van der Waals surface area (Å²) in [4.78, 5) is 13.9. The molecule has 2 fully saturated rings. The molecule has 2 N–H and O–H groups in total. The van der Waals surface area contributed by atoms with Gasteiger partial charge in [-0.3, -0.25) is 4.79 Å². The van der Waals surface area contributed by atoms with E-state index in [1.54, 1.807) is 4.90 Å². The minimum Gasteiger partial charge on any atom is -0.395 e. The standard InChI is InChI=1S/C12H22N2O3/c15-7-6-14(9-10-3-1-5-13-10)12(16)11-4-2-8-17-11/h10-11,13,15H,1-9H2/t10?,11-/m0/s1. The van der Waals surface area contributed by atoms with Crippen molar-refractivity contribution in [2.24, 2.45) is 0 Å². The highest BCUT2D eigenvalue weighted by Gasteiger charge is 2.29. The molecular weight excluding hydrogens is 220 g/mol. The van der Waals surface area contributed by atoms with E-state index in [9.17, 15) is 4.79 Å². The summed E-state index contributed by atoms with van der Waals surface area (Å²) < 4.78 is 5.41. The number of carbonyl (C=O) groups excluding carboxylic acids is 1. The van der Waals surface area contributed by atoms with Crippen molar-refractivity contribution in [3.8, 4) is 0 Å². The molecule has 0 radical (unpaired) electrons. The number of aliphatic hydroxyl groups excluding tert-OH is 1. The van der Waals surface area contributed by atoms with Crippen LogP contribution >= 0.6 is 0 Å². The van der Waals surface area contributed by atoms with E-state index in [0.29, 0.717) is 25.7 Å². The monoisotopic (exact) mass is 242 g/mol. The molecule has 0 aliphatic carbocycles. The molecule has 2 aliphatic rings. The molecule has 2 atom stereocenters. The minimum absolute atomic E-state index is 0.0190. The van der Waals surface area contributed by atoms with Gasteiger partial charge < -0.3 is 20.1 Å². The Kier molecular flexibility index (Phi) is 4.76. The Hall–Kier alpha value is -0.650. The summed E-state index contributed by atoms with van der Waals surface area (Å²) in [5, 5.41) is 12.4. The van der Waals surface area contributed by atoms with E-state index in [1.165, 1.54) is 6.42 Å². The fraction of sp³-hybridized carbons (Fsp3) is 0.917. The third-order valence-electron chi connectivity index (χ3n) is 3.49. The lowest BCUT2D eigenvalue weighted by molar-refractivity contribution is -0.141. The van der Waals surface area contributed by atoms with Crippen LogP contribution in [0.2, 0.25) is 0 Å². The van der Waals surface area contributed by atoms with Gasteiger partial charge in [-0.05, 0) is 32.2 Å². The highest BCUT2D eigenvalue weighted by atomic mass is 16.5. The zero-order valence-electron chi connectivity index (χ0n) is 10.2. The summed E-state index contributed by atoms with van der Waals surface area (Å²) in [6.07, 6.45) is 3.79. The molecule has 0 spiro atoms. The van der Waals surface area contributed by atoms with Gasteiger partial charge in [0.2, 0.25) is 0 Å². The Bertz CT molecular complexity index is 248. The van der Waals surface area contributed by atoms with Gasteiger partial charge in [0.25, 0.3) is 5.91 Å². The van der Waals surface area contributed by atoms with E-state index in [-0.39, 0.29) is 18.6 Å². The summed E-state index contributed by atoms with van der Waals surface area (Å²) in [5.41, 5.74) is 0. The van der Waals surface area contributed by atoms with Crippen molar-refractivity contribution in [1.82, 2.24) is 10.2 Å². The quantitative estimate of drug-likeness (QED) is 0.697. The van der Waals surface area contributed by atoms with Gasteiger partial charge in [0.15, 0.2) is 0 Å². The van der Waals surface area contributed by atoms with Crippen LogP contribution in [0.1, 0.15) is 25.7 Å². The van der Waals surface area contributed by atoms with Gasteiger partial charge in [0, 0.05) is 25.7 Å². The molecule has 5 nitrogen and oxygen atoms in total. The molecule has 1 unspecified atom stereocenters.